The number of unbranched alkanes of at least 4 members (excludes halogenated alkanes) is 11. The average molecular weight is 313 g/mol. The summed E-state index contributed by atoms with van der Waals surface area (Å²) in [4.78, 5) is 11.2. The summed E-state index contributed by atoms with van der Waals surface area (Å²) in [5, 5.41) is 9.20. The molecule has 1 unspecified atom stereocenters. The Balaban J connectivity index is 3.33. The van der Waals surface area contributed by atoms with E-state index in [4.69, 9.17) is 0 Å². The monoisotopic (exact) mass is 312 g/mol. The van der Waals surface area contributed by atoms with Crippen LogP contribution in [0.15, 0.2) is 0 Å². The zero-order chi connectivity index (χ0) is 16.6. The molecule has 2 nitrogen and oxygen atoms in total. The molecule has 0 bridgehead atoms. The molecule has 0 spiro atoms. The van der Waals surface area contributed by atoms with Crippen molar-refractivity contribution in [3.63, 3.8) is 0 Å². The molecule has 0 heterocycles. The summed E-state index contributed by atoms with van der Waals surface area (Å²) in [6, 6.07) is 0. The van der Waals surface area contributed by atoms with E-state index < -0.39 is 5.97 Å². The first-order valence-corrected chi connectivity index (χ1v) is 9.80. The third-order valence-corrected chi connectivity index (χ3v) is 4.51. The number of hydrogen-bond donors (Lipinski definition) is 1. The molecule has 0 aromatic rings. The van der Waals surface area contributed by atoms with Crippen LogP contribution in [0.1, 0.15) is 111 Å². The molecule has 1 N–H and O–H groups in total. The molecule has 0 aliphatic heterocycles. The Hall–Kier alpha value is -0.530. The van der Waals surface area contributed by atoms with Crippen molar-refractivity contribution in [1.82, 2.24) is 0 Å². The lowest BCUT2D eigenvalue weighted by Crippen LogP contribution is -2.15. The maximum atomic E-state index is 11.2. The van der Waals surface area contributed by atoms with E-state index in [2.05, 4.69) is 20.8 Å². The Kier molecular flexibility index (Phi) is 15.0. The van der Waals surface area contributed by atoms with Crippen LogP contribution in [-0.2, 0) is 4.79 Å². The van der Waals surface area contributed by atoms with Crippen LogP contribution in [-0.4, -0.2) is 11.1 Å². The van der Waals surface area contributed by atoms with Crippen molar-refractivity contribution < 1.29 is 9.90 Å². The zero-order valence-corrected chi connectivity index (χ0v) is 15.4. The van der Waals surface area contributed by atoms with Gasteiger partial charge in [0.1, 0.15) is 0 Å². The molecule has 0 amide bonds. The van der Waals surface area contributed by atoms with Crippen LogP contribution >= 0.6 is 0 Å². The molecule has 0 aromatic heterocycles. The van der Waals surface area contributed by atoms with Gasteiger partial charge >= 0.3 is 5.97 Å². The van der Waals surface area contributed by atoms with Crippen LogP contribution in [0.2, 0.25) is 0 Å². The second kappa shape index (κ2) is 15.4. The van der Waals surface area contributed by atoms with E-state index in [1.807, 2.05) is 0 Å². The van der Waals surface area contributed by atoms with E-state index in [0.29, 0.717) is 5.92 Å². The first kappa shape index (κ1) is 21.5. The van der Waals surface area contributed by atoms with E-state index >= 15 is 0 Å². The second-order valence-electron chi connectivity index (χ2n) is 7.34. The molecular formula is C20H40O2. The molecule has 0 radical (unpaired) electrons. The third-order valence-electron chi connectivity index (χ3n) is 4.51. The number of carbonyl (C=O) groups is 1. The molecule has 0 saturated heterocycles. The van der Waals surface area contributed by atoms with Crippen molar-refractivity contribution >= 4 is 5.97 Å². The van der Waals surface area contributed by atoms with Gasteiger partial charge in [-0.1, -0.05) is 97.8 Å². The molecule has 0 fully saturated rings. The predicted molar refractivity (Wildman–Crippen MR) is 96.3 cm³/mol. The highest BCUT2D eigenvalue weighted by Crippen LogP contribution is 2.20. The van der Waals surface area contributed by atoms with Gasteiger partial charge in [-0.15, -0.1) is 0 Å². The molecule has 0 aliphatic rings. The highest BCUT2D eigenvalue weighted by molar-refractivity contribution is 5.69. The van der Waals surface area contributed by atoms with Gasteiger partial charge in [-0.25, -0.2) is 0 Å². The Morgan fingerprint density at radius 2 is 1.18 bits per heavy atom. The molecule has 0 saturated carbocycles. The Morgan fingerprint density at radius 1 is 0.773 bits per heavy atom. The lowest BCUT2D eigenvalue weighted by Gasteiger charge is -2.14. The zero-order valence-electron chi connectivity index (χ0n) is 15.4. The van der Waals surface area contributed by atoms with Gasteiger partial charge in [0.2, 0.25) is 0 Å². The van der Waals surface area contributed by atoms with Gasteiger partial charge in [0.15, 0.2) is 0 Å². The molecule has 2 heteroatoms. The van der Waals surface area contributed by atoms with Gasteiger partial charge in [-0.3, -0.25) is 4.79 Å². The van der Waals surface area contributed by atoms with Crippen molar-refractivity contribution in [2.75, 3.05) is 0 Å². The third kappa shape index (κ3) is 14.4. The fourth-order valence-corrected chi connectivity index (χ4v) is 3.14. The van der Waals surface area contributed by atoms with Crippen LogP contribution in [0.5, 0.6) is 0 Å². The van der Waals surface area contributed by atoms with Crippen molar-refractivity contribution in [1.29, 1.82) is 0 Å². The molecule has 0 aliphatic carbocycles. The SMILES string of the molecule is CCCCCCCCCCCCCCC(CC(C)C)C(=O)O. The van der Waals surface area contributed by atoms with Gasteiger partial charge in [0, 0.05) is 0 Å². The number of carboxylic acid groups (broad SMARTS) is 1. The highest BCUT2D eigenvalue weighted by atomic mass is 16.4. The van der Waals surface area contributed by atoms with Crippen LogP contribution < -0.4 is 0 Å². The molecular weight excluding hydrogens is 272 g/mol. The van der Waals surface area contributed by atoms with Crippen LogP contribution in [0.4, 0.5) is 0 Å². The van der Waals surface area contributed by atoms with Gasteiger partial charge < -0.3 is 5.11 Å². The molecule has 132 valence electrons. The average Bonchev–Trinajstić information content (AvgIpc) is 2.46. The van der Waals surface area contributed by atoms with Crippen molar-refractivity contribution in [3.05, 3.63) is 0 Å². The smallest absolute Gasteiger partial charge is 0.306 e. The minimum Gasteiger partial charge on any atom is -0.481 e. The van der Waals surface area contributed by atoms with Gasteiger partial charge in [-0.05, 0) is 18.8 Å². The summed E-state index contributed by atoms with van der Waals surface area (Å²) >= 11 is 0. The van der Waals surface area contributed by atoms with Gasteiger partial charge in [-0.2, -0.15) is 0 Å². The first-order chi connectivity index (χ1) is 10.6. The van der Waals surface area contributed by atoms with Crippen LogP contribution in [0, 0.1) is 11.8 Å². The minimum atomic E-state index is -0.600. The summed E-state index contributed by atoms with van der Waals surface area (Å²) in [5.41, 5.74) is 0. The number of aliphatic carboxylic acids is 1. The molecule has 1 atom stereocenters. The molecule has 0 aromatic carbocycles. The number of carboxylic acids is 1. The van der Waals surface area contributed by atoms with E-state index in [0.717, 1.165) is 19.3 Å². The van der Waals surface area contributed by atoms with E-state index in [1.54, 1.807) is 0 Å². The Labute approximate surface area is 139 Å². The topological polar surface area (TPSA) is 37.3 Å². The normalized spacial score (nSPS) is 12.7. The van der Waals surface area contributed by atoms with E-state index in [9.17, 15) is 9.90 Å². The van der Waals surface area contributed by atoms with Crippen molar-refractivity contribution in [2.45, 2.75) is 111 Å². The summed E-state index contributed by atoms with van der Waals surface area (Å²) in [6.07, 6.45) is 17.7. The van der Waals surface area contributed by atoms with Gasteiger partial charge in [0.05, 0.1) is 5.92 Å². The second-order valence-corrected chi connectivity index (χ2v) is 7.34. The lowest BCUT2D eigenvalue weighted by molar-refractivity contribution is -0.142. The standard InChI is InChI=1S/C20H40O2/c1-4-5-6-7-8-9-10-11-12-13-14-15-16-19(20(21)22)17-18(2)3/h18-19H,4-17H2,1-3H3,(H,21,22). The Morgan fingerprint density at radius 3 is 1.55 bits per heavy atom. The number of hydrogen-bond acceptors (Lipinski definition) is 1. The van der Waals surface area contributed by atoms with Gasteiger partial charge in [0.25, 0.3) is 0 Å². The molecule has 0 rings (SSSR count). The summed E-state index contributed by atoms with van der Waals surface area (Å²) in [6.45, 7) is 6.48. The van der Waals surface area contributed by atoms with E-state index in [-0.39, 0.29) is 5.92 Å². The minimum absolute atomic E-state index is 0.122. The van der Waals surface area contributed by atoms with Crippen LogP contribution in [0.3, 0.4) is 0 Å². The van der Waals surface area contributed by atoms with Crippen molar-refractivity contribution in [3.8, 4) is 0 Å². The van der Waals surface area contributed by atoms with Crippen molar-refractivity contribution in [2.24, 2.45) is 11.8 Å². The predicted octanol–water partition coefficient (Wildman–Crippen LogP) is 6.82. The lowest BCUT2D eigenvalue weighted by atomic mass is 9.92. The summed E-state index contributed by atoms with van der Waals surface area (Å²) < 4.78 is 0. The maximum absolute atomic E-state index is 11.2. The van der Waals surface area contributed by atoms with E-state index in [1.165, 1.54) is 70.6 Å². The fraction of sp³-hybridized carbons (Fsp3) is 0.950. The largest absolute Gasteiger partial charge is 0.481 e. The quantitative estimate of drug-likeness (QED) is 0.317. The molecule has 22 heavy (non-hydrogen) atoms. The van der Waals surface area contributed by atoms with Crippen LogP contribution in [0.25, 0.3) is 0 Å². The highest BCUT2D eigenvalue weighted by Gasteiger charge is 2.17. The first-order valence-electron chi connectivity index (χ1n) is 9.80. The Bertz CT molecular complexity index is 248. The number of rotatable bonds is 16. The fourth-order valence-electron chi connectivity index (χ4n) is 3.14. The summed E-state index contributed by atoms with van der Waals surface area (Å²) in [5.74, 6) is -0.238. The maximum Gasteiger partial charge on any atom is 0.306 e. The summed E-state index contributed by atoms with van der Waals surface area (Å²) in [7, 11) is 0.